The molecule has 0 saturated carbocycles. The van der Waals surface area contributed by atoms with Crippen molar-refractivity contribution in [1.82, 2.24) is 9.80 Å². The molecule has 0 aromatic heterocycles. The van der Waals surface area contributed by atoms with Crippen LogP contribution in [0.2, 0.25) is 10.0 Å². The van der Waals surface area contributed by atoms with E-state index in [0.717, 1.165) is 13.1 Å². The molecule has 2 aliphatic rings. The maximum atomic E-state index is 13.1. The van der Waals surface area contributed by atoms with Crippen molar-refractivity contribution in [2.45, 2.75) is 6.04 Å². The van der Waals surface area contributed by atoms with Gasteiger partial charge in [-0.3, -0.25) is 14.5 Å². The van der Waals surface area contributed by atoms with Crippen LogP contribution in [-0.2, 0) is 14.3 Å². The first kappa shape index (κ1) is 23.6. The van der Waals surface area contributed by atoms with Crippen LogP contribution in [0.25, 0.3) is 5.76 Å². The maximum absolute atomic E-state index is 13.1. The lowest BCUT2D eigenvalue weighted by molar-refractivity contribution is -0.140. The van der Waals surface area contributed by atoms with E-state index in [1.807, 2.05) is 0 Å². The highest BCUT2D eigenvalue weighted by atomic mass is 35.5. The van der Waals surface area contributed by atoms with Gasteiger partial charge in [-0.05, 0) is 42.0 Å². The predicted octanol–water partition coefficient (Wildman–Crippen LogP) is 3.76. The summed E-state index contributed by atoms with van der Waals surface area (Å²) in [5.41, 5.74) is 0.922. The summed E-state index contributed by atoms with van der Waals surface area (Å²) in [6.45, 7) is 3.63. The van der Waals surface area contributed by atoms with E-state index in [0.29, 0.717) is 53.2 Å². The van der Waals surface area contributed by atoms with Gasteiger partial charge in [-0.2, -0.15) is 0 Å². The number of ketones is 1. The lowest BCUT2D eigenvalue weighted by Gasteiger charge is -2.31. The van der Waals surface area contributed by atoms with Gasteiger partial charge < -0.3 is 19.5 Å². The number of halogens is 2. The first-order valence-electron chi connectivity index (χ1n) is 10.6. The summed E-state index contributed by atoms with van der Waals surface area (Å²) >= 11 is 12.6. The Bertz CT molecular complexity index is 1080. The fourth-order valence-corrected chi connectivity index (χ4v) is 4.65. The molecule has 0 bridgehead atoms. The standard InChI is InChI=1S/C24H24Cl2N2O5/c1-32-17-5-2-15(3-6-17)22(29)20-21(18-7-4-16(25)14-19(18)26)28(24(31)23(20)30)9-8-27-10-12-33-13-11-27/h2-7,14,21,29H,8-13H2,1H3/b22-20+/t21-/m0/s1. The number of ether oxygens (including phenoxy) is 2. The normalized spacial score (nSPS) is 20.9. The molecule has 0 aliphatic carbocycles. The Labute approximate surface area is 202 Å². The summed E-state index contributed by atoms with van der Waals surface area (Å²) in [7, 11) is 1.54. The third-order valence-electron chi connectivity index (χ3n) is 5.92. The molecule has 2 aromatic rings. The minimum Gasteiger partial charge on any atom is -0.507 e. The van der Waals surface area contributed by atoms with Crippen LogP contribution in [0, 0.1) is 0 Å². The van der Waals surface area contributed by atoms with E-state index in [4.69, 9.17) is 32.7 Å². The molecule has 2 aliphatic heterocycles. The molecule has 2 saturated heterocycles. The number of methoxy groups -OCH3 is 1. The van der Waals surface area contributed by atoms with E-state index in [2.05, 4.69) is 4.90 Å². The number of carbonyl (C=O) groups is 2. The summed E-state index contributed by atoms with van der Waals surface area (Å²) in [6.07, 6.45) is 0. The van der Waals surface area contributed by atoms with Crippen LogP contribution in [0.1, 0.15) is 17.2 Å². The smallest absolute Gasteiger partial charge is 0.295 e. The van der Waals surface area contributed by atoms with Crippen molar-refractivity contribution in [3.63, 3.8) is 0 Å². The van der Waals surface area contributed by atoms with Crippen LogP contribution < -0.4 is 4.74 Å². The Morgan fingerprint density at radius 3 is 2.42 bits per heavy atom. The molecule has 33 heavy (non-hydrogen) atoms. The van der Waals surface area contributed by atoms with Crippen LogP contribution in [-0.4, -0.2) is 73.1 Å². The van der Waals surface area contributed by atoms with Gasteiger partial charge in [0.25, 0.3) is 11.7 Å². The second-order valence-electron chi connectivity index (χ2n) is 7.84. The molecule has 2 fully saturated rings. The number of nitrogens with zero attached hydrogens (tertiary/aromatic N) is 2. The SMILES string of the molecule is COc1ccc(/C(O)=C2\C(=O)C(=O)N(CCN3CCOCC3)[C@H]2c2ccc(Cl)cc2Cl)cc1. The molecule has 0 radical (unpaired) electrons. The molecule has 2 aromatic carbocycles. The molecule has 0 spiro atoms. The van der Waals surface area contributed by atoms with Gasteiger partial charge >= 0.3 is 0 Å². The van der Waals surface area contributed by atoms with Crippen molar-refractivity contribution in [3.8, 4) is 5.75 Å². The van der Waals surface area contributed by atoms with E-state index >= 15 is 0 Å². The molecule has 1 amide bonds. The number of hydrogen-bond acceptors (Lipinski definition) is 6. The molecule has 174 valence electrons. The van der Waals surface area contributed by atoms with Crippen molar-refractivity contribution in [3.05, 3.63) is 69.2 Å². The molecular formula is C24H24Cl2N2O5. The van der Waals surface area contributed by atoms with Crippen LogP contribution in [0.5, 0.6) is 5.75 Å². The van der Waals surface area contributed by atoms with Gasteiger partial charge in [-0.25, -0.2) is 0 Å². The van der Waals surface area contributed by atoms with E-state index in [9.17, 15) is 14.7 Å². The molecule has 1 atom stereocenters. The number of rotatable bonds is 6. The van der Waals surface area contributed by atoms with E-state index in [1.54, 1.807) is 42.5 Å². The quantitative estimate of drug-likeness (QED) is 0.377. The topological polar surface area (TPSA) is 79.3 Å². The van der Waals surface area contributed by atoms with Crippen molar-refractivity contribution < 1.29 is 24.2 Å². The zero-order chi connectivity index (χ0) is 23.5. The second kappa shape index (κ2) is 10.1. The first-order chi connectivity index (χ1) is 15.9. The minimum absolute atomic E-state index is 0.00336. The average molecular weight is 491 g/mol. The van der Waals surface area contributed by atoms with Crippen LogP contribution in [0.4, 0.5) is 0 Å². The van der Waals surface area contributed by atoms with Gasteiger partial charge in [0.2, 0.25) is 0 Å². The summed E-state index contributed by atoms with van der Waals surface area (Å²) in [5.74, 6) is -1.08. The number of likely N-dealkylation sites (tertiary alicyclic amines) is 1. The Morgan fingerprint density at radius 1 is 1.09 bits per heavy atom. The lowest BCUT2D eigenvalue weighted by Crippen LogP contribution is -2.42. The number of aliphatic hydroxyl groups excluding tert-OH is 1. The molecule has 1 N–H and O–H groups in total. The third kappa shape index (κ3) is 4.87. The van der Waals surface area contributed by atoms with Gasteiger partial charge in [-0.15, -0.1) is 0 Å². The zero-order valence-electron chi connectivity index (χ0n) is 18.1. The zero-order valence-corrected chi connectivity index (χ0v) is 19.6. The summed E-state index contributed by atoms with van der Waals surface area (Å²) in [6, 6.07) is 10.7. The van der Waals surface area contributed by atoms with E-state index in [1.165, 1.54) is 12.0 Å². The van der Waals surface area contributed by atoms with Crippen LogP contribution in [0.15, 0.2) is 48.0 Å². The second-order valence-corrected chi connectivity index (χ2v) is 8.68. The molecule has 2 heterocycles. The first-order valence-corrected chi connectivity index (χ1v) is 11.3. The van der Waals surface area contributed by atoms with Crippen molar-refractivity contribution in [1.29, 1.82) is 0 Å². The van der Waals surface area contributed by atoms with Gasteiger partial charge in [0.1, 0.15) is 11.5 Å². The molecule has 7 nitrogen and oxygen atoms in total. The van der Waals surface area contributed by atoms with Crippen molar-refractivity contribution in [2.24, 2.45) is 0 Å². The highest BCUT2D eigenvalue weighted by molar-refractivity contribution is 6.47. The molecular weight excluding hydrogens is 467 g/mol. The summed E-state index contributed by atoms with van der Waals surface area (Å²) in [5, 5.41) is 11.9. The van der Waals surface area contributed by atoms with Gasteiger partial charge in [0.15, 0.2) is 0 Å². The number of benzene rings is 2. The maximum Gasteiger partial charge on any atom is 0.295 e. The van der Waals surface area contributed by atoms with Crippen LogP contribution in [0.3, 0.4) is 0 Å². The van der Waals surface area contributed by atoms with Gasteiger partial charge in [0.05, 0.1) is 31.9 Å². The number of hydrogen-bond donors (Lipinski definition) is 1. The number of carbonyl (C=O) groups excluding carboxylic acids is 2. The molecule has 9 heteroatoms. The number of aliphatic hydroxyl groups is 1. The third-order valence-corrected chi connectivity index (χ3v) is 6.48. The highest BCUT2D eigenvalue weighted by Gasteiger charge is 2.46. The van der Waals surface area contributed by atoms with Gasteiger partial charge in [-0.1, -0.05) is 29.3 Å². The largest absolute Gasteiger partial charge is 0.507 e. The fourth-order valence-electron chi connectivity index (χ4n) is 4.14. The monoisotopic (exact) mass is 490 g/mol. The van der Waals surface area contributed by atoms with Crippen LogP contribution >= 0.6 is 23.2 Å². The predicted molar refractivity (Wildman–Crippen MR) is 126 cm³/mol. The van der Waals surface area contributed by atoms with E-state index in [-0.39, 0.29) is 11.3 Å². The summed E-state index contributed by atoms with van der Waals surface area (Å²) < 4.78 is 10.6. The highest BCUT2D eigenvalue weighted by Crippen LogP contribution is 2.42. The van der Waals surface area contributed by atoms with Crippen molar-refractivity contribution in [2.75, 3.05) is 46.5 Å². The average Bonchev–Trinajstić information content (AvgIpc) is 3.07. The Hall–Kier alpha value is -2.58. The number of Topliss-reactive ketones (excluding diaryl/α,β-unsaturated/α-hetero) is 1. The van der Waals surface area contributed by atoms with Gasteiger partial charge in [0, 0.05) is 41.8 Å². The summed E-state index contributed by atoms with van der Waals surface area (Å²) in [4.78, 5) is 29.9. The molecule has 4 rings (SSSR count). The Kier molecular flexibility index (Phi) is 7.24. The Balaban J connectivity index is 1.76. The number of amides is 1. The van der Waals surface area contributed by atoms with Crippen molar-refractivity contribution >= 4 is 40.7 Å². The fraction of sp³-hybridized carbons (Fsp3) is 0.333. The minimum atomic E-state index is -0.835. The lowest BCUT2D eigenvalue weighted by atomic mass is 9.95. The van der Waals surface area contributed by atoms with E-state index < -0.39 is 17.7 Å². The number of morpholine rings is 1. The Morgan fingerprint density at radius 2 is 1.79 bits per heavy atom. The molecule has 0 unspecified atom stereocenters.